The zero-order chi connectivity index (χ0) is 35.3. The number of nitrogens with zero attached hydrogens (tertiary/aromatic N) is 4. The molecule has 0 unspecified atom stereocenters. The van der Waals surface area contributed by atoms with Gasteiger partial charge in [-0.2, -0.15) is 0 Å². The number of para-hydroxylation sites is 2. The second-order valence-corrected chi connectivity index (χ2v) is 15.0. The number of thiophene rings is 1. The fourth-order valence-electron chi connectivity index (χ4n) is 8.65. The highest BCUT2D eigenvalue weighted by atomic mass is 32.1. The fraction of sp³-hybridized carbons (Fsp3) is 0. The van der Waals surface area contributed by atoms with Crippen molar-refractivity contribution in [3.63, 3.8) is 0 Å². The van der Waals surface area contributed by atoms with E-state index < -0.39 is 0 Å². The Morgan fingerprint density at radius 3 is 1.93 bits per heavy atom. The van der Waals surface area contributed by atoms with Crippen LogP contribution in [0.2, 0.25) is 0 Å². The third-order valence-electron chi connectivity index (χ3n) is 11.0. The van der Waals surface area contributed by atoms with E-state index in [9.17, 15) is 0 Å². The van der Waals surface area contributed by atoms with Crippen molar-refractivity contribution in [2.75, 3.05) is 0 Å². The zero-order valence-corrected chi connectivity index (χ0v) is 29.7. The van der Waals surface area contributed by atoms with Gasteiger partial charge in [0, 0.05) is 58.9 Å². The van der Waals surface area contributed by atoms with Gasteiger partial charge < -0.3 is 4.57 Å². The summed E-state index contributed by atoms with van der Waals surface area (Å²) in [7, 11) is 0. The van der Waals surface area contributed by atoms with E-state index in [1.807, 2.05) is 29.5 Å². The number of benzene rings is 8. The van der Waals surface area contributed by atoms with E-state index in [1.54, 1.807) is 0 Å². The van der Waals surface area contributed by atoms with Crippen LogP contribution in [0.1, 0.15) is 0 Å². The average Bonchev–Trinajstić information content (AvgIpc) is 3.90. The molecule has 0 saturated carbocycles. The lowest BCUT2D eigenvalue weighted by molar-refractivity contribution is 1.08. The van der Waals surface area contributed by atoms with Gasteiger partial charge in [-0.15, -0.1) is 11.3 Å². The highest BCUT2D eigenvalue weighted by Crippen LogP contribution is 2.53. The van der Waals surface area contributed by atoms with Gasteiger partial charge >= 0.3 is 0 Å². The van der Waals surface area contributed by atoms with Crippen LogP contribution in [0.3, 0.4) is 0 Å². The molecule has 3 heterocycles. The molecule has 0 saturated heterocycles. The minimum Gasteiger partial charge on any atom is -0.309 e. The molecule has 0 N–H and O–H groups in total. The van der Waals surface area contributed by atoms with Crippen LogP contribution in [-0.2, 0) is 0 Å². The molecule has 0 atom stereocenters. The normalized spacial score (nSPS) is 12.1. The molecule has 3 aromatic heterocycles. The van der Waals surface area contributed by atoms with Crippen molar-refractivity contribution >= 4 is 64.1 Å². The maximum atomic E-state index is 5.31. The molecule has 250 valence electrons. The number of hydrogen-bond donors (Lipinski definition) is 0. The number of aromatic nitrogens is 4. The van der Waals surface area contributed by atoms with Crippen molar-refractivity contribution in [2.24, 2.45) is 0 Å². The van der Waals surface area contributed by atoms with Crippen LogP contribution in [0.4, 0.5) is 0 Å². The maximum absolute atomic E-state index is 5.31. The van der Waals surface area contributed by atoms with Crippen LogP contribution >= 0.6 is 11.3 Å². The van der Waals surface area contributed by atoms with E-state index in [4.69, 9.17) is 15.0 Å². The van der Waals surface area contributed by atoms with Gasteiger partial charge in [-0.3, -0.25) is 0 Å². The van der Waals surface area contributed by atoms with Crippen molar-refractivity contribution < 1.29 is 0 Å². The Labute approximate surface area is 314 Å². The van der Waals surface area contributed by atoms with Gasteiger partial charge in [0.15, 0.2) is 17.5 Å². The summed E-state index contributed by atoms with van der Waals surface area (Å²) in [6.45, 7) is 0. The van der Waals surface area contributed by atoms with E-state index in [2.05, 4.69) is 156 Å². The summed E-state index contributed by atoms with van der Waals surface area (Å²) in [5.41, 5.74) is 11.6. The molecule has 5 heteroatoms. The first-order valence-electron chi connectivity index (χ1n) is 18.2. The molecule has 12 rings (SSSR count). The summed E-state index contributed by atoms with van der Waals surface area (Å²) in [4.78, 5) is 15.7. The number of hydrogen-bond acceptors (Lipinski definition) is 4. The van der Waals surface area contributed by atoms with E-state index >= 15 is 0 Å². The number of rotatable bonds is 4. The lowest BCUT2D eigenvalue weighted by atomic mass is 9.99. The van der Waals surface area contributed by atoms with Crippen molar-refractivity contribution in [2.45, 2.75) is 0 Å². The second kappa shape index (κ2) is 11.3. The molecule has 1 aliphatic carbocycles. The molecule has 0 amide bonds. The third kappa shape index (κ3) is 4.21. The fourth-order valence-corrected chi connectivity index (χ4v) is 9.94. The second-order valence-electron chi connectivity index (χ2n) is 13.9. The van der Waals surface area contributed by atoms with Crippen LogP contribution in [0.25, 0.3) is 115 Å². The van der Waals surface area contributed by atoms with E-state index in [-0.39, 0.29) is 0 Å². The first kappa shape index (κ1) is 29.6. The van der Waals surface area contributed by atoms with Crippen molar-refractivity contribution in [1.82, 2.24) is 19.5 Å². The summed E-state index contributed by atoms with van der Waals surface area (Å²) in [5, 5.41) is 7.44. The van der Waals surface area contributed by atoms with Gasteiger partial charge in [-0.1, -0.05) is 140 Å². The third-order valence-corrected chi connectivity index (χ3v) is 12.2. The smallest absolute Gasteiger partial charge is 0.164 e. The van der Waals surface area contributed by atoms with Crippen LogP contribution in [0, 0.1) is 0 Å². The van der Waals surface area contributed by atoms with Crippen LogP contribution in [0.15, 0.2) is 170 Å². The molecule has 0 fully saturated rings. The summed E-state index contributed by atoms with van der Waals surface area (Å²) in [6.07, 6.45) is 0. The Bertz CT molecular complexity index is 3320. The molecule has 11 aromatic rings. The highest BCUT2D eigenvalue weighted by Gasteiger charge is 2.26. The molecule has 0 aliphatic heterocycles. The van der Waals surface area contributed by atoms with Crippen LogP contribution in [-0.4, -0.2) is 19.5 Å². The van der Waals surface area contributed by atoms with Gasteiger partial charge in [0.1, 0.15) is 0 Å². The zero-order valence-electron chi connectivity index (χ0n) is 28.9. The largest absolute Gasteiger partial charge is 0.309 e. The first-order valence-corrected chi connectivity index (χ1v) is 19.0. The lowest BCUT2D eigenvalue weighted by Gasteiger charge is -2.11. The predicted molar refractivity (Wildman–Crippen MR) is 225 cm³/mol. The Balaban J connectivity index is 1.10. The summed E-state index contributed by atoms with van der Waals surface area (Å²) < 4.78 is 4.86. The van der Waals surface area contributed by atoms with Crippen molar-refractivity contribution in [3.05, 3.63) is 170 Å². The topological polar surface area (TPSA) is 43.6 Å². The molecule has 0 spiro atoms. The summed E-state index contributed by atoms with van der Waals surface area (Å²) in [5.74, 6) is 1.96. The number of fused-ring (bicyclic) bond motifs is 10. The van der Waals surface area contributed by atoms with Gasteiger partial charge in [-0.25, -0.2) is 15.0 Å². The predicted octanol–water partition coefficient (Wildman–Crippen LogP) is 13.1. The molecular weight excluding hydrogens is 677 g/mol. The van der Waals surface area contributed by atoms with E-state index in [1.165, 1.54) is 69.5 Å². The first-order chi connectivity index (χ1) is 26.8. The van der Waals surface area contributed by atoms with E-state index in [0.29, 0.717) is 17.5 Å². The lowest BCUT2D eigenvalue weighted by Crippen LogP contribution is -2.00. The molecule has 54 heavy (non-hydrogen) atoms. The highest BCUT2D eigenvalue weighted by molar-refractivity contribution is 7.26. The molecule has 8 aromatic carbocycles. The van der Waals surface area contributed by atoms with Gasteiger partial charge in [0.05, 0.1) is 11.0 Å². The van der Waals surface area contributed by atoms with Crippen LogP contribution < -0.4 is 0 Å². The summed E-state index contributed by atoms with van der Waals surface area (Å²) in [6, 6.07) is 60.5. The Morgan fingerprint density at radius 1 is 0.407 bits per heavy atom. The molecule has 0 bridgehead atoms. The molecule has 1 aliphatic rings. The maximum Gasteiger partial charge on any atom is 0.164 e. The minimum absolute atomic E-state index is 0.644. The van der Waals surface area contributed by atoms with Crippen molar-refractivity contribution in [3.8, 4) is 62.1 Å². The minimum atomic E-state index is 0.644. The Kier molecular flexibility index (Phi) is 6.18. The molecule has 0 radical (unpaired) electrons. The Hall–Kier alpha value is -6.95. The molecular formula is C49H28N4S. The Morgan fingerprint density at radius 2 is 1.07 bits per heavy atom. The van der Waals surface area contributed by atoms with Gasteiger partial charge in [0.25, 0.3) is 0 Å². The molecule has 4 nitrogen and oxygen atoms in total. The monoisotopic (exact) mass is 704 g/mol. The van der Waals surface area contributed by atoms with E-state index in [0.717, 1.165) is 27.9 Å². The summed E-state index contributed by atoms with van der Waals surface area (Å²) >= 11 is 1.86. The average molecular weight is 705 g/mol. The standard InChI is InChI=1S/C49H28N4S/c1-3-12-30(13-4-1)47-50-48(31-24-25-34-33-18-7-8-22-40(33)53(41(34)28-31)32-16-5-2-6-17-32)52-49(51-47)39-21-11-23-42-44(39)38-27-26-36-35-19-9-14-29-15-10-20-37(43(29)35)45(36)46(38)54-42/h1-28H. The van der Waals surface area contributed by atoms with Gasteiger partial charge in [0.2, 0.25) is 0 Å². The van der Waals surface area contributed by atoms with Crippen LogP contribution in [0.5, 0.6) is 0 Å². The van der Waals surface area contributed by atoms with Crippen molar-refractivity contribution in [1.29, 1.82) is 0 Å². The quantitative estimate of drug-likeness (QED) is 0.183. The van der Waals surface area contributed by atoms with Gasteiger partial charge in [-0.05, 0) is 57.8 Å². The SMILES string of the molecule is c1ccc(-c2nc(-c3ccc4c5ccccc5n(-c5ccccc5)c4c3)nc(-c3cccc4sc5c6c(ccc5c34)-c3cccc4cccc-6c34)n2)cc1.